The van der Waals surface area contributed by atoms with E-state index in [4.69, 9.17) is 11.6 Å². The summed E-state index contributed by atoms with van der Waals surface area (Å²) in [6.07, 6.45) is 0. The number of nitrogens with zero attached hydrogens (tertiary/aromatic N) is 1. The zero-order chi connectivity index (χ0) is 22.0. The monoisotopic (exact) mass is 431 g/mol. The number of H-pyrrole nitrogens is 1. The molecule has 0 atom stereocenters. The van der Waals surface area contributed by atoms with Crippen LogP contribution in [0.1, 0.15) is 35.8 Å². The van der Waals surface area contributed by atoms with Gasteiger partial charge in [0.05, 0.1) is 21.8 Å². The molecular weight excluding hydrogens is 410 g/mol. The highest BCUT2D eigenvalue weighted by Crippen LogP contribution is 2.27. The van der Waals surface area contributed by atoms with Gasteiger partial charge in [-0.05, 0) is 47.9 Å². The zero-order valence-electron chi connectivity index (χ0n) is 17.2. The van der Waals surface area contributed by atoms with Crippen molar-refractivity contribution in [3.63, 3.8) is 0 Å². The summed E-state index contributed by atoms with van der Waals surface area (Å²) in [5.74, 6) is -0.151. The Hall–Kier alpha value is -3.57. The Bertz CT molecular complexity index is 1270. The van der Waals surface area contributed by atoms with Gasteiger partial charge in [-0.3, -0.25) is 14.7 Å². The Balaban J connectivity index is 1.66. The van der Waals surface area contributed by atoms with Crippen LogP contribution in [0.3, 0.4) is 0 Å². The summed E-state index contributed by atoms with van der Waals surface area (Å²) in [4.78, 5) is 25.7. The van der Waals surface area contributed by atoms with E-state index >= 15 is 0 Å². The topological polar surface area (TPSA) is 66.9 Å². The number of nitrogens with one attached hydrogen (secondary N) is 2. The number of aromatic amines is 1. The van der Waals surface area contributed by atoms with Crippen molar-refractivity contribution in [2.75, 3.05) is 5.32 Å². The SMILES string of the molecule is CC(C)c1[nH]n(-c2ccccc2)c(=O)c1-c1ccc(NC(=O)c2ccccc2Cl)cc1. The molecule has 5 nitrogen and oxygen atoms in total. The van der Waals surface area contributed by atoms with Crippen molar-refractivity contribution in [3.05, 3.63) is 105 Å². The lowest BCUT2D eigenvalue weighted by atomic mass is 9.99. The lowest BCUT2D eigenvalue weighted by Crippen LogP contribution is -2.15. The fourth-order valence-corrected chi connectivity index (χ4v) is 3.70. The van der Waals surface area contributed by atoms with Crippen LogP contribution >= 0.6 is 11.6 Å². The number of aromatic nitrogens is 2. The fourth-order valence-electron chi connectivity index (χ4n) is 3.47. The maximum Gasteiger partial charge on any atom is 0.279 e. The fraction of sp³-hybridized carbons (Fsp3) is 0.120. The first-order valence-corrected chi connectivity index (χ1v) is 10.4. The molecule has 0 aliphatic rings. The second-order valence-electron chi connectivity index (χ2n) is 7.54. The van der Waals surface area contributed by atoms with E-state index in [1.807, 2.05) is 56.3 Å². The average molecular weight is 432 g/mol. The predicted octanol–water partition coefficient (Wildman–Crippen LogP) is 5.86. The maximum absolute atomic E-state index is 13.2. The minimum absolute atomic E-state index is 0.109. The molecule has 4 aromatic rings. The maximum atomic E-state index is 13.2. The summed E-state index contributed by atoms with van der Waals surface area (Å²) in [5.41, 5.74) is 3.98. The van der Waals surface area contributed by atoms with Gasteiger partial charge in [0.25, 0.3) is 11.5 Å². The van der Waals surface area contributed by atoms with Crippen LogP contribution in [0.4, 0.5) is 5.69 Å². The normalized spacial score (nSPS) is 11.0. The smallest absolute Gasteiger partial charge is 0.279 e. The number of benzene rings is 3. The number of hydrogen-bond acceptors (Lipinski definition) is 2. The van der Waals surface area contributed by atoms with Crippen molar-refractivity contribution in [3.8, 4) is 16.8 Å². The van der Waals surface area contributed by atoms with E-state index in [1.54, 1.807) is 41.1 Å². The Kier molecular flexibility index (Phi) is 5.78. The third kappa shape index (κ3) is 4.18. The number of hydrogen-bond donors (Lipinski definition) is 2. The molecule has 6 heteroatoms. The van der Waals surface area contributed by atoms with Gasteiger partial charge in [-0.15, -0.1) is 0 Å². The molecule has 156 valence electrons. The molecule has 0 aliphatic heterocycles. The van der Waals surface area contributed by atoms with Crippen LogP contribution in [0.25, 0.3) is 16.8 Å². The Morgan fingerprint density at radius 3 is 2.23 bits per heavy atom. The van der Waals surface area contributed by atoms with Crippen molar-refractivity contribution in [1.82, 2.24) is 9.78 Å². The molecule has 3 aromatic carbocycles. The van der Waals surface area contributed by atoms with E-state index in [9.17, 15) is 9.59 Å². The van der Waals surface area contributed by atoms with Gasteiger partial charge in [0.2, 0.25) is 0 Å². The summed E-state index contributed by atoms with van der Waals surface area (Å²) >= 11 is 6.11. The summed E-state index contributed by atoms with van der Waals surface area (Å²) in [6, 6.07) is 23.6. The highest BCUT2D eigenvalue weighted by atomic mass is 35.5. The number of halogens is 1. The molecule has 0 spiro atoms. The van der Waals surface area contributed by atoms with Gasteiger partial charge in [-0.25, -0.2) is 4.68 Å². The second-order valence-corrected chi connectivity index (χ2v) is 7.95. The third-order valence-electron chi connectivity index (χ3n) is 5.06. The van der Waals surface area contributed by atoms with Crippen LogP contribution in [0.5, 0.6) is 0 Å². The molecule has 1 aromatic heterocycles. The van der Waals surface area contributed by atoms with Crippen LogP contribution in [-0.2, 0) is 0 Å². The second kappa shape index (κ2) is 8.66. The molecule has 0 saturated heterocycles. The Morgan fingerprint density at radius 1 is 0.935 bits per heavy atom. The van der Waals surface area contributed by atoms with Crippen molar-refractivity contribution >= 4 is 23.2 Å². The van der Waals surface area contributed by atoms with Crippen LogP contribution in [0.15, 0.2) is 83.7 Å². The van der Waals surface area contributed by atoms with E-state index in [2.05, 4.69) is 10.4 Å². The zero-order valence-corrected chi connectivity index (χ0v) is 18.0. The summed E-state index contributed by atoms with van der Waals surface area (Å²) < 4.78 is 1.57. The highest BCUT2D eigenvalue weighted by molar-refractivity contribution is 6.34. The van der Waals surface area contributed by atoms with Crippen LogP contribution < -0.4 is 10.9 Å². The molecular formula is C25H22ClN3O2. The average Bonchev–Trinajstić information content (AvgIpc) is 3.12. The van der Waals surface area contributed by atoms with Gasteiger partial charge in [-0.1, -0.05) is 67.9 Å². The minimum atomic E-state index is -0.283. The quantitative estimate of drug-likeness (QED) is 0.415. The molecule has 0 bridgehead atoms. The molecule has 0 fully saturated rings. The van der Waals surface area contributed by atoms with Crippen LogP contribution in [0, 0.1) is 0 Å². The molecule has 2 N–H and O–H groups in total. The van der Waals surface area contributed by atoms with Crippen molar-refractivity contribution in [2.24, 2.45) is 0 Å². The van der Waals surface area contributed by atoms with Gasteiger partial charge in [0.15, 0.2) is 0 Å². The summed E-state index contributed by atoms with van der Waals surface area (Å²) in [6.45, 7) is 4.09. The standard InChI is InChI=1S/C25H22ClN3O2/c1-16(2)23-22(25(31)29(28-23)19-8-4-3-5-9-19)17-12-14-18(15-13-17)27-24(30)20-10-6-7-11-21(20)26/h3-16,28H,1-2H3,(H,27,30). The van der Waals surface area contributed by atoms with Crippen molar-refractivity contribution in [1.29, 1.82) is 0 Å². The first kappa shape index (κ1) is 20.7. The number of para-hydroxylation sites is 1. The molecule has 0 unspecified atom stereocenters. The highest BCUT2D eigenvalue weighted by Gasteiger charge is 2.19. The van der Waals surface area contributed by atoms with Gasteiger partial charge < -0.3 is 5.32 Å². The van der Waals surface area contributed by atoms with E-state index in [0.717, 1.165) is 16.9 Å². The van der Waals surface area contributed by atoms with Gasteiger partial charge in [0.1, 0.15) is 0 Å². The molecule has 0 aliphatic carbocycles. The number of rotatable bonds is 5. The largest absolute Gasteiger partial charge is 0.322 e. The van der Waals surface area contributed by atoms with Gasteiger partial charge in [-0.2, -0.15) is 0 Å². The molecule has 31 heavy (non-hydrogen) atoms. The number of anilines is 1. The first-order valence-electron chi connectivity index (χ1n) is 10.0. The Morgan fingerprint density at radius 2 is 1.58 bits per heavy atom. The van der Waals surface area contributed by atoms with E-state index < -0.39 is 0 Å². The minimum Gasteiger partial charge on any atom is -0.322 e. The molecule has 1 heterocycles. The number of amides is 1. The van der Waals surface area contributed by atoms with Crippen molar-refractivity contribution < 1.29 is 4.79 Å². The predicted molar refractivity (Wildman–Crippen MR) is 125 cm³/mol. The summed E-state index contributed by atoms with van der Waals surface area (Å²) in [5, 5.41) is 6.50. The lowest BCUT2D eigenvalue weighted by Gasteiger charge is -2.09. The van der Waals surface area contributed by atoms with E-state index in [-0.39, 0.29) is 17.4 Å². The number of carbonyl (C=O) groups excluding carboxylic acids is 1. The number of carbonyl (C=O) groups is 1. The van der Waals surface area contributed by atoms with Crippen LogP contribution in [0.2, 0.25) is 5.02 Å². The summed E-state index contributed by atoms with van der Waals surface area (Å²) in [7, 11) is 0. The molecule has 0 radical (unpaired) electrons. The lowest BCUT2D eigenvalue weighted by molar-refractivity contribution is 0.102. The molecule has 0 saturated carbocycles. The van der Waals surface area contributed by atoms with E-state index in [1.165, 1.54) is 0 Å². The molecule has 1 amide bonds. The van der Waals surface area contributed by atoms with Gasteiger partial charge >= 0.3 is 0 Å². The first-order chi connectivity index (χ1) is 15.0. The van der Waals surface area contributed by atoms with Gasteiger partial charge in [0, 0.05) is 11.4 Å². The van der Waals surface area contributed by atoms with Crippen LogP contribution in [-0.4, -0.2) is 15.7 Å². The van der Waals surface area contributed by atoms with E-state index in [0.29, 0.717) is 21.8 Å². The van der Waals surface area contributed by atoms with Crippen molar-refractivity contribution in [2.45, 2.75) is 19.8 Å². The third-order valence-corrected chi connectivity index (χ3v) is 5.39. The molecule has 4 rings (SSSR count). The Labute approximate surface area is 185 Å².